The van der Waals surface area contributed by atoms with E-state index >= 15 is 0 Å². The Morgan fingerprint density at radius 3 is 2.73 bits per heavy atom. The molecule has 1 aromatic rings. The Balaban J connectivity index is 2.69. The van der Waals surface area contributed by atoms with Gasteiger partial charge in [0.15, 0.2) is 0 Å². The van der Waals surface area contributed by atoms with Crippen molar-refractivity contribution >= 4 is 11.3 Å². The van der Waals surface area contributed by atoms with E-state index in [1.54, 1.807) is 0 Å². The minimum atomic E-state index is -0.295. The van der Waals surface area contributed by atoms with Crippen molar-refractivity contribution in [1.29, 1.82) is 5.26 Å². The fraction of sp³-hybridized carbons (Fsp3) is 0.545. The molecule has 0 amide bonds. The van der Waals surface area contributed by atoms with E-state index < -0.39 is 0 Å². The second-order valence-corrected chi connectivity index (χ2v) is 5.34. The summed E-state index contributed by atoms with van der Waals surface area (Å²) in [7, 11) is 0. The first kappa shape index (κ1) is 12.2. The second-order valence-electron chi connectivity index (χ2n) is 4.22. The maximum atomic E-state index is 9.13. The third-order valence-corrected chi connectivity index (χ3v) is 3.34. The van der Waals surface area contributed by atoms with Gasteiger partial charge in [0.2, 0.25) is 0 Å². The van der Waals surface area contributed by atoms with Crippen molar-refractivity contribution in [2.45, 2.75) is 32.4 Å². The maximum absolute atomic E-state index is 9.13. The van der Waals surface area contributed by atoms with Gasteiger partial charge < -0.3 is 10.4 Å². The first-order valence-electron chi connectivity index (χ1n) is 4.87. The van der Waals surface area contributed by atoms with Gasteiger partial charge in [-0.15, -0.1) is 11.3 Å². The number of hydrogen-bond acceptors (Lipinski definition) is 4. The van der Waals surface area contributed by atoms with E-state index in [1.165, 1.54) is 11.3 Å². The zero-order valence-corrected chi connectivity index (χ0v) is 10.1. The van der Waals surface area contributed by atoms with Crippen molar-refractivity contribution in [3.05, 3.63) is 21.9 Å². The van der Waals surface area contributed by atoms with E-state index in [4.69, 9.17) is 10.4 Å². The van der Waals surface area contributed by atoms with E-state index in [0.29, 0.717) is 0 Å². The standard InChI is InChI=1S/C11H16N2OS/c1-8(13-11(2,3)7-14)10-5-4-9(6-12)15-10/h4-5,8,13-14H,7H2,1-3H3. The molecule has 0 aliphatic heterocycles. The van der Waals surface area contributed by atoms with E-state index in [1.807, 2.05) is 32.9 Å². The monoisotopic (exact) mass is 224 g/mol. The van der Waals surface area contributed by atoms with E-state index in [-0.39, 0.29) is 18.2 Å². The molecule has 0 fully saturated rings. The van der Waals surface area contributed by atoms with Gasteiger partial charge in [-0.3, -0.25) is 0 Å². The fourth-order valence-electron chi connectivity index (χ4n) is 1.35. The molecule has 0 spiro atoms. The van der Waals surface area contributed by atoms with Crippen LogP contribution in [0.3, 0.4) is 0 Å². The second kappa shape index (κ2) is 4.75. The predicted molar refractivity (Wildman–Crippen MR) is 61.7 cm³/mol. The average Bonchev–Trinajstić information content (AvgIpc) is 2.65. The third kappa shape index (κ3) is 3.31. The van der Waals surface area contributed by atoms with Crippen LogP contribution in [0.4, 0.5) is 0 Å². The number of aliphatic hydroxyl groups is 1. The minimum Gasteiger partial charge on any atom is -0.394 e. The molecule has 0 saturated carbocycles. The molecular formula is C11H16N2OS. The van der Waals surface area contributed by atoms with Crippen molar-refractivity contribution in [3.8, 4) is 6.07 Å². The summed E-state index contributed by atoms with van der Waals surface area (Å²) >= 11 is 1.49. The molecule has 0 bridgehead atoms. The van der Waals surface area contributed by atoms with E-state index in [9.17, 15) is 0 Å². The number of thiophene rings is 1. The van der Waals surface area contributed by atoms with Crippen LogP contribution in [-0.4, -0.2) is 17.3 Å². The molecule has 0 aliphatic rings. The van der Waals surface area contributed by atoms with Gasteiger partial charge in [0.25, 0.3) is 0 Å². The highest BCUT2D eigenvalue weighted by molar-refractivity contribution is 7.12. The summed E-state index contributed by atoms with van der Waals surface area (Å²) in [6.45, 7) is 6.02. The van der Waals surface area contributed by atoms with Crippen molar-refractivity contribution in [3.63, 3.8) is 0 Å². The Morgan fingerprint density at radius 1 is 1.60 bits per heavy atom. The van der Waals surface area contributed by atoms with Crippen molar-refractivity contribution in [2.75, 3.05) is 6.61 Å². The lowest BCUT2D eigenvalue weighted by Crippen LogP contribution is -2.43. The first-order valence-corrected chi connectivity index (χ1v) is 5.68. The lowest BCUT2D eigenvalue weighted by Gasteiger charge is -2.27. The molecular weight excluding hydrogens is 208 g/mol. The number of hydrogen-bond donors (Lipinski definition) is 2. The molecule has 1 unspecified atom stereocenters. The molecule has 0 saturated heterocycles. The van der Waals surface area contributed by atoms with Gasteiger partial charge in [0, 0.05) is 16.5 Å². The number of rotatable bonds is 4. The molecule has 0 aliphatic carbocycles. The van der Waals surface area contributed by atoms with Crippen molar-refractivity contribution < 1.29 is 5.11 Å². The molecule has 1 aromatic heterocycles. The summed E-state index contributed by atoms with van der Waals surface area (Å²) in [5.74, 6) is 0. The van der Waals surface area contributed by atoms with Crippen LogP contribution in [0.2, 0.25) is 0 Å². The van der Waals surface area contributed by atoms with Gasteiger partial charge in [-0.2, -0.15) is 5.26 Å². The Morgan fingerprint density at radius 2 is 2.27 bits per heavy atom. The van der Waals surface area contributed by atoms with E-state index in [2.05, 4.69) is 11.4 Å². The average molecular weight is 224 g/mol. The Kier molecular flexibility index (Phi) is 3.86. The molecule has 1 rings (SSSR count). The van der Waals surface area contributed by atoms with Crippen LogP contribution in [0.15, 0.2) is 12.1 Å². The van der Waals surface area contributed by atoms with Gasteiger partial charge in [-0.25, -0.2) is 0 Å². The van der Waals surface area contributed by atoms with Gasteiger partial charge in [-0.05, 0) is 32.9 Å². The minimum absolute atomic E-state index is 0.0911. The molecule has 3 nitrogen and oxygen atoms in total. The third-order valence-electron chi connectivity index (χ3n) is 2.17. The Hall–Kier alpha value is -0.890. The van der Waals surface area contributed by atoms with Crippen LogP contribution in [0.25, 0.3) is 0 Å². The zero-order chi connectivity index (χ0) is 11.5. The predicted octanol–water partition coefficient (Wildman–Crippen LogP) is 2.04. The van der Waals surface area contributed by atoms with E-state index in [0.717, 1.165) is 9.75 Å². The molecule has 4 heteroatoms. The largest absolute Gasteiger partial charge is 0.394 e. The van der Waals surface area contributed by atoms with Crippen LogP contribution >= 0.6 is 11.3 Å². The molecule has 1 heterocycles. The topological polar surface area (TPSA) is 56.0 Å². The summed E-state index contributed by atoms with van der Waals surface area (Å²) in [6.07, 6.45) is 0. The SMILES string of the molecule is CC(NC(C)(C)CO)c1ccc(C#N)s1. The highest BCUT2D eigenvalue weighted by Crippen LogP contribution is 2.24. The van der Waals surface area contributed by atoms with Crippen LogP contribution < -0.4 is 5.32 Å². The molecule has 1 atom stereocenters. The van der Waals surface area contributed by atoms with Gasteiger partial charge >= 0.3 is 0 Å². The molecule has 2 N–H and O–H groups in total. The summed E-state index contributed by atoms with van der Waals surface area (Å²) in [5, 5.41) is 21.2. The summed E-state index contributed by atoms with van der Waals surface area (Å²) < 4.78 is 0. The Bertz CT molecular complexity index is 365. The Labute approximate surface area is 94.4 Å². The highest BCUT2D eigenvalue weighted by Gasteiger charge is 2.20. The lowest BCUT2D eigenvalue weighted by atomic mass is 10.1. The number of nitrogens with one attached hydrogen (secondary N) is 1. The van der Waals surface area contributed by atoms with Crippen LogP contribution in [0.1, 0.15) is 36.6 Å². The van der Waals surface area contributed by atoms with Crippen molar-refractivity contribution in [2.24, 2.45) is 0 Å². The van der Waals surface area contributed by atoms with Gasteiger partial charge in [0.1, 0.15) is 10.9 Å². The van der Waals surface area contributed by atoms with Crippen LogP contribution in [-0.2, 0) is 0 Å². The van der Waals surface area contributed by atoms with Gasteiger partial charge in [-0.1, -0.05) is 0 Å². The zero-order valence-electron chi connectivity index (χ0n) is 9.24. The van der Waals surface area contributed by atoms with Gasteiger partial charge in [0.05, 0.1) is 6.61 Å². The molecule has 15 heavy (non-hydrogen) atoms. The first-order chi connectivity index (χ1) is 6.98. The lowest BCUT2D eigenvalue weighted by molar-refractivity contribution is 0.178. The van der Waals surface area contributed by atoms with Crippen LogP contribution in [0.5, 0.6) is 0 Å². The summed E-state index contributed by atoms with van der Waals surface area (Å²) in [6, 6.07) is 6.05. The number of nitriles is 1. The molecule has 0 aromatic carbocycles. The number of nitrogens with zero attached hydrogens (tertiary/aromatic N) is 1. The summed E-state index contributed by atoms with van der Waals surface area (Å²) in [4.78, 5) is 1.84. The maximum Gasteiger partial charge on any atom is 0.110 e. The smallest absolute Gasteiger partial charge is 0.110 e. The molecule has 82 valence electrons. The summed E-state index contributed by atoms with van der Waals surface area (Å²) in [5.41, 5.74) is -0.295. The quantitative estimate of drug-likeness (QED) is 0.823. The normalized spacial score (nSPS) is 13.5. The number of aliphatic hydroxyl groups excluding tert-OH is 1. The van der Waals surface area contributed by atoms with Crippen molar-refractivity contribution in [1.82, 2.24) is 5.32 Å². The highest BCUT2D eigenvalue weighted by atomic mass is 32.1. The van der Waals surface area contributed by atoms with Crippen LogP contribution in [0, 0.1) is 11.3 Å². The molecule has 0 radical (unpaired) electrons. The fourth-order valence-corrected chi connectivity index (χ4v) is 2.16.